The third-order valence-corrected chi connectivity index (χ3v) is 11.9. The molecule has 1 rings (SSSR count). The van der Waals surface area contributed by atoms with Crippen molar-refractivity contribution in [1.82, 2.24) is 0 Å². The first kappa shape index (κ1) is 20.7. The van der Waals surface area contributed by atoms with E-state index >= 15 is 0 Å². The summed E-state index contributed by atoms with van der Waals surface area (Å²) in [6.07, 6.45) is 0. The lowest BCUT2D eigenvalue weighted by molar-refractivity contribution is 0.0512. The summed E-state index contributed by atoms with van der Waals surface area (Å²) < 4.78 is 11.3. The van der Waals surface area contributed by atoms with Crippen molar-refractivity contribution in [3.05, 3.63) is 23.3 Å². The number of benzene rings is 1. The lowest BCUT2D eigenvalue weighted by atomic mass is 10.1. The molecule has 0 N–H and O–H groups in total. The SMILES string of the molecule is COCOc1c(C[Si](C)(C)Cl)cc(C)cc1[Si](C)(C)C(C)(C)C. The molecule has 132 valence electrons. The molecular formula is C18H33ClO2Si2. The van der Waals surface area contributed by atoms with E-state index in [4.69, 9.17) is 20.6 Å². The molecule has 0 spiro atoms. The molecule has 0 unspecified atom stereocenters. The first-order valence-corrected chi connectivity index (χ1v) is 15.5. The average molecular weight is 373 g/mol. The van der Waals surface area contributed by atoms with E-state index in [0.29, 0.717) is 0 Å². The highest BCUT2D eigenvalue weighted by Crippen LogP contribution is 2.39. The van der Waals surface area contributed by atoms with E-state index in [-0.39, 0.29) is 11.8 Å². The van der Waals surface area contributed by atoms with Crippen molar-refractivity contribution >= 4 is 31.7 Å². The fourth-order valence-electron chi connectivity index (χ4n) is 2.59. The summed E-state index contributed by atoms with van der Waals surface area (Å²) in [5, 5.41) is 1.63. The predicted molar refractivity (Wildman–Crippen MR) is 108 cm³/mol. The maximum Gasteiger partial charge on any atom is 0.188 e. The van der Waals surface area contributed by atoms with Crippen LogP contribution in [0.1, 0.15) is 31.9 Å². The smallest absolute Gasteiger partial charge is 0.188 e. The van der Waals surface area contributed by atoms with E-state index in [0.717, 1.165) is 11.8 Å². The molecule has 23 heavy (non-hydrogen) atoms. The van der Waals surface area contributed by atoms with Crippen LogP contribution in [-0.4, -0.2) is 29.4 Å². The van der Waals surface area contributed by atoms with Crippen LogP contribution in [0.5, 0.6) is 5.75 Å². The molecule has 0 fully saturated rings. The fraction of sp³-hybridized carbons (Fsp3) is 0.667. The van der Waals surface area contributed by atoms with Gasteiger partial charge < -0.3 is 9.47 Å². The summed E-state index contributed by atoms with van der Waals surface area (Å²) in [6, 6.07) is 5.46. The van der Waals surface area contributed by atoms with Gasteiger partial charge in [-0.25, -0.2) is 0 Å². The van der Waals surface area contributed by atoms with Crippen molar-refractivity contribution in [3.8, 4) is 5.75 Å². The molecule has 2 nitrogen and oxygen atoms in total. The number of hydrogen-bond donors (Lipinski definition) is 0. The first-order chi connectivity index (χ1) is 10.3. The molecule has 0 atom stereocenters. The lowest BCUT2D eigenvalue weighted by Crippen LogP contribution is -2.50. The van der Waals surface area contributed by atoms with Gasteiger partial charge in [-0.05, 0) is 28.8 Å². The minimum absolute atomic E-state index is 0.247. The Hall–Kier alpha value is -0.296. The van der Waals surface area contributed by atoms with Crippen molar-refractivity contribution in [2.75, 3.05) is 13.9 Å². The molecule has 0 amide bonds. The zero-order valence-corrected chi connectivity index (χ0v) is 19.0. The van der Waals surface area contributed by atoms with E-state index in [1.165, 1.54) is 16.3 Å². The monoisotopic (exact) mass is 372 g/mol. The Morgan fingerprint density at radius 1 is 1.09 bits per heavy atom. The van der Waals surface area contributed by atoms with Gasteiger partial charge in [0.15, 0.2) is 14.2 Å². The van der Waals surface area contributed by atoms with E-state index in [1.54, 1.807) is 7.11 Å². The molecule has 5 heteroatoms. The molecule has 1 aromatic rings. The minimum atomic E-state index is -1.75. The maximum atomic E-state index is 6.65. The Labute approximate surface area is 149 Å². The van der Waals surface area contributed by atoms with Gasteiger partial charge in [0.05, 0.1) is 8.07 Å². The Bertz CT molecular complexity index is 543. The lowest BCUT2D eigenvalue weighted by Gasteiger charge is -2.39. The zero-order chi connectivity index (χ0) is 18.1. The summed E-state index contributed by atoms with van der Waals surface area (Å²) in [4.78, 5) is 0. The summed E-state index contributed by atoms with van der Waals surface area (Å²) in [5.74, 6) is 1.02. The number of ether oxygens (including phenoxy) is 2. The van der Waals surface area contributed by atoms with Crippen molar-refractivity contribution in [2.45, 2.75) is 65.0 Å². The van der Waals surface area contributed by atoms with Gasteiger partial charge in [-0.3, -0.25) is 0 Å². The summed E-state index contributed by atoms with van der Waals surface area (Å²) >= 11 is 6.65. The van der Waals surface area contributed by atoms with Gasteiger partial charge >= 0.3 is 0 Å². The number of halogens is 1. The number of aryl methyl sites for hydroxylation is 1. The van der Waals surface area contributed by atoms with Gasteiger partial charge in [0.25, 0.3) is 0 Å². The maximum absolute atomic E-state index is 6.65. The molecule has 0 radical (unpaired) electrons. The minimum Gasteiger partial charge on any atom is -0.467 e. The second-order valence-corrected chi connectivity index (χ2v) is 20.8. The van der Waals surface area contributed by atoms with Crippen LogP contribution in [0, 0.1) is 6.92 Å². The second kappa shape index (κ2) is 7.30. The van der Waals surface area contributed by atoms with E-state index in [9.17, 15) is 0 Å². The molecule has 0 aromatic heterocycles. The Morgan fingerprint density at radius 2 is 1.65 bits per heavy atom. The normalized spacial score (nSPS) is 13.3. The molecule has 0 bridgehead atoms. The van der Waals surface area contributed by atoms with Crippen LogP contribution < -0.4 is 9.92 Å². The highest BCUT2D eigenvalue weighted by molar-refractivity contribution is 7.18. The van der Waals surface area contributed by atoms with E-state index < -0.39 is 15.5 Å². The van der Waals surface area contributed by atoms with Crippen molar-refractivity contribution in [3.63, 3.8) is 0 Å². The molecule has 0 aliphatic rings. The van der Waals surface area contributed by atoms with Crippen LogP contribution in [0.2, 0.25) is 31.2 Å². The fourth-order valence-corrected chi connectivity index (χ4v) is 6.39. The van der Waals surface area contributed by atoms with Gasteiger partial charge in [0.2, 0.25) is 0 Å². The van der Waals surface area contributed by atoms with E-state index in [2.05, 4.69) is 66.0 Å². The molecule has 0 heterocycles. The topological polar surface area (TPSA) is 18.5 Å². The van der Waals surface area contributed by atoms with Crippen molar-refractivity contribution in [1.29, 1.82) is 0 Å². The highest BCUT2D eigenvalue weighted by Gasteiger charge is 2.40. The molecule has 0 saturated carbocycles. The van der Waals surface area contributed by atoms with Crippen molar-refractivity contribution in [2.24, 2.45) is 0 Å². The highest BCUT2D eigenvalue weighted by atomic mass is 35.6. The van der Waals surface area contributed by atoms with Crippen LogP contribution in [0.15, 0.2) is 12.1 Å². The van der Waals surface area contributed by atoms with Gasteiger partial charge in [-0.2, -0.15) is 11.1 Å². The van der Waals surface area contributed by atoms with E-state index in [1.807, 2.05) is 0 Å². The molecule has 0 aliphatic heterocycles. The van der Waals surface area contributed by atoms with Crippen LogP contribution in [0.4, 0.5) is 0 Å². The average Bonchev–Trinajstić information content (AvgIpc) is 2.33. The zero-order valence-electron chi connectivity index (χ0n) is 16.3. The van der Waals surface area contributed by atoms with Crippen LogP contribution in [0.3, 0.4) is 0 Å². The largest absolute Gasteiger partial charge is 0.467 e. The van der Waals surface area contributed by atoms with Crippen LogP contribution >= 0.6 is 11.1 Å². The number of hydrogen-bond acceptors (Lipinski definition) is 2. The predicted octanol–water partition coefficient (Wildman–Crippen LogP) is 5.22. The van der Waals surface area contributed by atoms with Crippen LogP contribution in [0.25, 0.3) is 0 Å². The summed E-state index contributed by atoms with van der Waals surface area (Å²) in [6.45, 7) is 18.7. The van der Waals surface area contributed by atoms with Gasteiger partial charge in [-0.1, -0.05) is 64.7 Å². The summed E-state index contributed by atoms with van der Waals surface area (Å²) in [7, 11) is -1.81. The molecule has 0 aliphatic carbocycles. The molecule has 0 saturated heterocycles. The standard InChI is InChI=1S/C18H33ClO2Si2/c1-14-10-15(12-22(6,7)19)17(21-13-20-5)16(11-14)23(8,9)18(2,3)4/h10-11H,12-13H2,1-9H3. The second-order valence-electron chi connectivity index (χ2n) is 8.62. The Balaban J connectivity index is 3.55. The van der Waals surface area contributed by atoms with Crippen LogP contribution in [-0.2, 0) is 10.8 Å². The number of methoxy groups -OCH3 is 1. The van der Waals surface area contributed by atoms with Gasteiger partial charge in [0, 0.05) is 7.11 Å². The third kappa shape index (κ3) is 5.35. The Morgan fingerprint density at radius 3 is 2.09 bits per heavy atom. The molecular weight excluding hydrogens is 340 g/mol. The summed E-state index contributed by atoms with van der Waals surface area (Å²) in [5.41, 5.74) is 2.54. The first-order valence-electron chi connectivity index (χ1n) is 8.24. The number of rotatable bonds is 6. The Kier molecular flexibility index (Phi) is 6.58. The van der Waals surface area contributed by atoms with Gasteiger partial charge in [-0.15, -0.1) is 0 Å². The molecule has 1 aromatic carbocycles. The van der Waals surface area contributed by atoms with Crippen molar-refractivity contribution < 1.29 is 9.47 Å². The quantitative estimate of drug-likeness (QED) is 0.387. The van der Waals surface area contributed by atoms with Gasteiger partial charge in [0.1, 0.15) is 5.75 Å². The third-order valence-electron chi connectivity index (χ3n) is 4.79.